The first-order chi connectivity index (χ1) is 8.66. The second-order valence-corrected chi connectivity index (χ2v) is 6.75. The van der Waals surface area contributed by atoms with E-state index in [1.54, 1.807) is 12.4 Å². The van der Waals surface area contributed by atoms with Gasteiger partial charge in [0.15, 0.2) is 0 Å². The minimum absolute atomic E-state index is 0.154. The van der Waals surface area contributed by atoms with Gasteiger partial charge in [-0.15, -0.1) is 0 Å². The molecule has 1 saturated carbocycles. The van der Waals surface area contributed by atoms with Crippen molar-refractivity contribution in [3.8, 4) is 0 Å². The average molecular weight is 268 g/mol. The number of sulfonamides is 1. The van der Waals surface area contributed by atoms with Gasteiger partial charge in [-0.05, 0) is 37.0 Å². The summed E-state index contributed by atoms with van der Waals surface area (Å²) in [6.45, 7) is 0. The quantitative estimate of drug-likeness (QED) is 0.887. The van der Waals surface area contributed by atoms with Crippen LogP contribution in [-0.4, -0.2) is 25.2 Å². The summed E-state index contributed by atoms with van der Waals surface area (Å²) in [5.41, 5.74) is 1.01. The molecule has 1 fully saturated rings. The van der Waals surface area contributed by atoms with E-state index in [4.69, 9.17) is 0 Å². The highest BCUT2D eigenvalue weighted by molar-refractivity contribution is 7.89. The third-order valence-electron chi connectivity index (χ3n) is 3.36. The number of aromatic nitrogens is 1. The van der Waals surface area contributed by atoms with Gasteiger partial charge in [0.05, 0.1) is 5.75 Å². The fourth-order valence-electron chi connectivity index (χ4n) is 2.33. The lowest BCUT2D eigenvalue weighted by molar-refractivity contribution is 0.412. The minimum Gasteiger partial charge on any atom is -0.265 e. The van der Waals surface area contributed by atoms with Gasteiger partial charge in [0, 0.05) is 18.4 Å². The van der Waals surface area contributed by atoms with E-state index in [-0.39, 0.29) is 11.8 Å². The molecule has 1 aromatic rings. The molecule has 5 heteroatoms. The fraction of sp³-hybridized carbons (Fsp3) is 0.615. The van der Waals surface area contributed by atoms with Crippen LogP contribution in [0.1, 0.15) is 37.7 Å². The second-order valence-electron chi connectivity index (χ2n) is 4.88. The van der Waals surface area contributed by atoms with Crippen molar-refractivity contribution in [3.63, 3.8) is 0 Å². The summed E-state index contributed by atoms with van der Waals surface area (Å²) in [6.07, 6.45) is 9.39. The van der Waals surface area contributed by atoms with Crippen molar-refractivity contribution in [2.45, 2.75) is 44.6 Å². The van der Waals surface area contributed by atoms with E-state index in [1.165, 1.54) is 6.42 Å². The minimum atomic E-state index is -3.15. The van der Waals surface area contributed by atoms with Crippen molar-refractivity contribution in [2.24, 2.45) is 0 Å². The zero-order valence-electron chi connectivity index (χ0n) is 10.5. The Kier molecular flexibility index (Phi) is 4.72. The largest absolute Gasteiger partial charge is 0.265 e. The zero-order valence-corrected chi connectivity index (χ0v) is 11.3. The predicted octanol–water partition coefficient (Wildman–Crippen LogP) is 1.88. The normalized spacial score (nSPS) is 17.8. The molecule has 100 valence electrons. The summed E-state index contributed by atoms with van der Waals surface area (Å²) in [4.78, 5) is 3.92. The number of hydrogen-bond acceptors (Lipinski definition) is 3. The molecule has 4 nitrogen and oxygen atoms in total. The van der Waals surface area contributed by atoms with Crippen molar-refractivity contribution in [1.82, 2.24) is 9.71 Å². The Morgan fingerprint density at radius 1 is 1.17 bits per heavy atom. The smallest absolute Gasteiger partial charge is 0.212 e. The summed E-state index contributed by atoms with van der Waals surface area (Å²) in [7, 11) is -3.15. The van der Waals surface area contributed by atoms with Gasteiger partial charge in [0.2, 0.25) is 10.0 Å². The van der Waals surface area contributed by atoms with Gasteiger partial charge >= 0.3 is 0 Å². The Balaban J connectivity index is 1.83. The molecule has 0 aliphatic heterocycles. The predicted molar refractivity (Wildman–Crippen MR) is 71.7 cm³/mol. The van der Waals surface area contributed by atoms with E-state index < -0.39 is 10.0 Å². The van der Waals surface area contributed by atoms with Crippen molar-refractivity contribution >= 4 is 10.0 Å². The molecule has 1 aliphatic carbocycles. The number of nitrogens with one attached hydrogen (secondary N) is 1. The zero-order chi connectivity index (χ0) is 12.8. The van der Waals surface area contributed by atoms with Crippen molar-refractivity contribution in [2.75, 3.05) is 5.75 Å². The Morgan fingerprint density at radius 2 is 1.83 bits per heavy atom. The summed E-state index contributed by atoms with van der Waals surface area (Å²) in [5.74, 6) is 0.160. The van der Waals surface area contributed by atoms with Crippen LogP contribution in [0.5, 0.6) is 0 Å². The van der Waals surface area contributed by atoms with Crippen molar-refractivity contribution < 1.29 is 8.42 Å². The lowest BCUT2D eigenvalue weighted by Gasteiger charge is -2.22. The maximum Gasteiger partial charge on any atom is 0.212 e. The lowest BCUT2D eigenvalue weighted by atomic mass is 9.96. The van der Waals surface area contributed by atoms with Crippen LogP contribution in [-0.2, 0) is 16.4 Å². The molecule has 1 aliphatic rings. The molecule has 0 atom stereocenters. The maximum atomic E-state index is 11.9. The van der Waals surface area contributed by atoms with Crippen LogP contribution < -0.4 is 4.72 Å². The number of hydrogen-bond donors (Lipinski definition) is 1. The molecule has 2 rings (SSSR count). The Hall–Kier alpha value is -0.940. The summed E-state index contributed by atoms with van der Waals surface area (Å²) >= 11 is 0. The van der Waals surface area contributed by atoms with E-state index in [9.17, 15) is 8.42 Å². The van der Waals surface area contributed by atoms with E-state index in [0.717, 1.165) is 31.2 Å². The van der Waals surface area contributed by atoms with E-state index in [1.807, 2.05) is 12.1 Å². The lowest BCUT2D eigenvalue weighted by Crippen LogP contribution is -2.37. The van der Waals surface area contributed by atoms with Crippen LogP contribution in [0.4, 0.5) is 0 Å². The molecule has 1 N–H and O–H groups in total. The first-order valence-electron chi connectivity index (χ1n) is 6.55. The molecule has 0 aromatic carbocycles. The van der Waals surface area contributed by atoms with E-state index in [2.05, 4.69) is 9.71 Å². The molecule has 0 bridgehead atoms. The molecule has 0 saturated heterocycles. The first kappa shape index (κ1) is 13.5. The summed E-state index contributed by atoms with van der Waals surface area (Å²) < 4.78 is 26.7. The molecule has 1 aromatic heterocycles. The standard InChI is InChI=1S/C13H20N2O2S/c16-18(17,15-13-4-2-1-3-5-13)11-8-12-6-9-14-10-7-12/h6-7,9-10,13,15H,1-5,8,11H2. The van der Waals surface area contributed by atoms with E-state index in [0.29, 0.717) is 6.42 Å². The highest BCUT2D eigenvalue weighted by atomic mass is 32.2. The summed E-state index contributed by atoms with van der Waals surface area (Å²) in [5, 5.41) is 0. The number of rotatable bonds is 5. The molecule has 0 unspecified atom stereocenters. The molecule has 18 heavy (non-hydrogen) atoms. The molecular formula is C13H20N2O2S. The monoisotopic (exact) mass is 268 g/mol. The van der Waals surface area contributed by atoms with Gasteiger partial charge in [-0.1, -0.05) is 19.3 Å². The third kappa shape index (κ3) is 4.38. The number of pyridine rings is 1. The van der Waals surface area contributed by atoms with Gasteiger partial charge in [-0.25, -0.2) is 13.1 Å². The highest BCUT2D eigenvalue weighted by Crippen LogP contribution is 2.18. The Morgan fingerprint density at radius 3 is 2.50 bits per heavy atom. The molecule has 0 radical (unpaired) electrons. The maximum absolute atomic E-state index is 11.9. The van der Waals surface area contributed by atoms with Gasteiger partial charge in [0.1, 0.15) is 0 Å². The molecular weight excluding hydrogens is 248 g/mol. The van der Waals surface area contributed by atoms with Crippen LogP contribution in [0.25, 0.3) is 0 Å². The van der Waals surface area contributed by atoms with Crippen molar-refractivity contribution in [3.05, 3.63) is 30.1 Å². The topological polar surface area (TPSA) is 59.1 Å². The number of aryl methyl sites for hydroxylation is 1. The molecule has 1 heterocycles. The Labute approximate surface area is 109 Å². The van der Waals surface area contributed by atoms with Gasteiger partial charge in [0.25, 0.3) is 0 Å². The van der Waals surface area contributed by atoms with Crippen LogP contribution in [0.3, 0.4) is 0 Å². The van der Waals surface area contributed by atoms with Gasteiger partial charge < -0.3 is 0 Å². The first-order valence-corrected chi connectivity index (χ1v) is 8.20. The average Bonchev–Trinajstić information content (AvgIpc) is 2.38. The van der Waals surface area contributed by atoms with E-state index >= 15 is 0 Å². The SMILES string of the molecule is O=S(=O)(CCc1ccncc1)NC1CCCCC1. The fourth-order valence-corrected chi connectivity index (χ4v) is 3.70. The van der Waals surface area contributed by atoms with Crippen LogP contribution >= 0.6 is 0 Å². The third-order valence-corrected chi connectivity index (χ3v) is 4.79. The van der Waals surface area contributed by atoms with Gasteiger partial charge in [-0.2, -0.15) is 0 Å². The van der Waals surface area contributed by atoms with Crippen LogP contribution in [0.2, 0.25) is 0 Å². The second kappa shape index (κ2) is 6.29. The van der Waals surface area contributed by atoms with Crippen molar-refractivity contribution in [1.29, 1.82) is 0 Å². The molecule has 0 amide bonds. The number of nitrogens with zero attached hydrogens (tertiary/aromatic N) is 1. The van der Waals surface area contributed by atoms with Gasteiger partial charge in [-0.3, -0.25) is 4.98 Å². The molecule has 0 spiro atoms. The highest BCUT2D eigenvalue weighted by Gasteiger charge is 2.19. The Bertz CT molecular complexity index is 453. The summed E-state index contributed by atoms with van der Waals surface area (Å²) in [6, 6.07) is 3.87. The van der Waals surface area contributed by atoms with Crippen LogP contribution in [0, 0.1) is 0 Å². The van der Waals surface area contributed by atoms with Crippen LogP contribution in [0.15, 0.2) is 24.5 Å².